The third kappa shape index (κ3) is 89.5. The van der Waals surface area contributed by atoms with E-state index in [1.165, 1.54) is 0 Å². The van der Waals surface area contributed by atoms with E-state index in [2.05, 4.69) is 5.73 Å². The molecule has 0 aromatic carbocycles. The predicted octanol–water partition coefficient (Wildman–Crippen LogP) is 1.24. The molecule has 0 fully saturated rings. The molecule has 1 nitrogen and oxygen atoms in total. The summed E-state index contributed by atoms with van der Waals surface area (Å²) in [4.78, 5) is 0. The van der Waals surface area contributed by atoms with Crippen LogP contribution in [-0.2, 0) is 0 Å². The number of hydrogen-bond acceptors (Lipinski definition) is 0. The molecule has 6 heteroatoms. The van der Waals surface area contributed by atoms with Gasteiger partial charge in [0.15, 0.2) is 0 Å². The molecule has 0 aliphatic carbocycles. The Morgan fingerprint density at radius 3 is 1.00 bits per heavy atom. The molecule has 0 radical (unpaired) electrons. The van der Waals surface area contributed by atoms with Gasteiger partial charge in [-0.25, -0.2) is 0 Å². The second kappa shape index (κ2) is 5.78. The Bertz CT molecular complexity index is 27.2. The van der Waals surface area contributed by atoms with Crippen LogP contribution in [0.4, 0.5) is 0 Å². The summed E-state index contributed by atoms with van der Waals surface area (Å²) >= 11 is 0. The zero-order chi connectivity index (χ0) is 6.50. The molecule has 0 heterocycles. The largest absolute Gasteiger partial charge is 0.564 e. The Labute approximate surface area is 62.2 Å². The van der Waals surface area contributed by atoms with Gasteiger partial charge in [-0.15, -0.1) is 0 Å². The normalized spacial score (nSPS) is 9.43. The molecule has 0 rings (SSSR count). The summed E-state index contributed by atoms with van der Waals surface area (Å²) in [6.07, 6.45) is 0. The van der Waals surface area contributed by atoms with E-state index >= 15 is 0 Å². The average Bonchev–Trinajstić information content (AvgIpc) is 1.36. The monoisotopic (exact) mass is 199 g/mol. The van der Waals surface area contributed by atoms with E-state index in [0.717, 1.165) is 0 Å². The molecule has 0 aliphatic rings. The molecule has 0 atom stereocenters. The van der Waals surface area contributed by atoms with Crippen LogP contribution < -0.4 is 5.73 Å². The first-order valence-electron chi connectivity index (χ1n) is 1.58. The highest BCUT2D eigenvalue weighted by Crippen LogP contribution is 2.23. The van der Waals surface area contributed by atoms with Crippen molar-refractivity contribution in [2.45, 2.75) is 0 Å². The Hall–Kier alpha value is 1.65. The lowest BCUT2D eigenvalue weighted by atomic mass is 11.6. The van der Waals surface area contributed by atoms with Crippen molar-refractivity contribution in [3.63, 3.8) is 0 Å². The highest BCUT2D eigenvalue weighted by atomic mass is 35.9. The maximum atomic E-state index is 4.99. The predicted molar refractivity (Wildman–Crippen MR) is 38.0 cm³/mol. The van der Waals surface area contributed by atoms with E-state index in [-0.39, 0.29) is 0 Å². The van der Waals surface area contributed by atoms with E-state index in [1.807, 2.05) is 0 Å². The van der Waals surface area contributed by atoms with E-state index in [9.17, 15) is 0 Å². The second-order valence-corrected chi connectivity index (χ2v) is 13.4. The minimum atomic E-state index is -2.94. The van der Waals surface area contributed by atoms with Crippen molar-refractivity contribution in [3.05, 3.63) is 0 Å². The fourth-order valence-corrected chi connectivity index (χ4v) is 0. The Morgan fingerprint density at radius 1 is 1.00 bits per heavy atom. The van der Waals surface area contributed by atoms with E-state index in [0.29, 0.717) is 0 Å². The van der Waals surface area contributed by atoms with Gasteiger partial charge in [0.05, 0.1) is 7.05 Å². The number of quaternary nitrogens is 1. The third-order valence-corrected chi connectivity index (χ3v) is 0. The molecule has 46 valence electrons. The highest BCUT2D eigenvalue weighted by molar-refractivity contribution is 7.81. The zero-order valence-electron chi connectivity index (χ0n) is 3.80. The van der Waals surface area contributed by atoms with Crippen molar-refractivity contribution in [3.8, 4) is 0 Å². The molecule has 0 unspecified atom stereocenters. The van der Waals surface area contributed by atoms with Gasteiger partial charge in [0, 0.05) is 0 Å². The topological polar surface area (TPSA) is 27.6 Å². The van der Waals surface area contributed by atoms with Crippen LogP contribution in [0.15, 0.2) is 0 Å². The summed E-state index contributed by atoms with van der Waals surface area (Å²) < 4.78 is 0. The minimum Gasteiger partial charge on any atom is -0.391 e. The second-order valence-electron chi connectivity index (χ2n) is 0.495. The van der Waals surface area contributed by atoms with Crippen molar-refractivity contribution in [2.24, 2.45) is 0 Å². The van der Waals surface area contributed by atoms with Crippen molar-refractivity contribution in [1.82, 2.24) is 0 Å². The molecular weight excluding hydrogens is 195 g/mol. The van der Waals surface area contributed by atoms with E-state index in [1.54, 1.807) is 7.05 Å². The first-order valence-corrected chi connectivity index (χ1v) is 8.56. The summed E-state index contributed by atoms with van der Waals surface area (Å²) in [5.74, 6) is 0. The van der Waals surface area contributed by atoms with Gasteiger partial charge in [-0.1, -0.05) is 0 Å². The maximum Gasteiger partial charge on any atom is 0.564 e. The van der Waals surface area contributed by atoms with Gasteiger partial charge in [0.1, 0.15) is 0 Å². The zero-order valence-corrected chi connectivity index (χ0v) is 7.97. The molecular formula is CH6AlCl4N. The summed E-state index contributed by atoms with van der Waals surface area (Å²) in [6, 6.07) is 0. The summed E-state index contributed by atoms with van der Waals surface area (Å²) in [5.41, 5.74) is 3.25. The molecule has 0 aromatic rings. The van der Waals surface area contributed by atoms with Gasteiger partial charge in [0.25, 0.3) is 0 Å². The first kappa shape index (κ1) is 11.4. The van der Waals surface area contributed by atoms with Crippen LogP contribution in [0.2, 0.25) is 0 Å². The molecule has 7 heavy (non-hydrogen) atoms. The minimum absolute atomic E-state index is 1.75. The quantitative estimate of drug-likeness (QED) is 0.570. The standard InChI is InChI=1S/CH5N.Al.4ClH/c1-2;;;;;/h2H2,1H3;;4*1H/q;+3;;;;/p-3. The fraction of sp³-hybridized carbons (Fsp3) is 1.00. The van der Waals surface area contributed by atoms with Crippen LogP contribution in [0.3, 0.4) is 0 Å². The highest BCUT2D eigenvalue weighted by Gasteiger charge is 2.14. The van der Waals surface area contributed by atoms with Crippen LogP contribution in [0, 0.1) is 0 Å². The van der Waals surface area contributed by atoms with Gasteiger partial charge < -0.3 is 45.9 Å². The van der Waals surface area contributed by atoms with Gasteiger partial charge in [-0.3, -0.25) is 0 Å². The number of halogens is 4. The SMILES string of the molecule is C[NH3+].[Cl][Al-]([Cl])([Cl])[Cl]. The summed E-state index contributed by atoms with van der Waals surface area (Å²) in [7, 11) is 18.8. The van der Waals surface area contributed by atoms with Crippen molar-refractivity contribution in [2.75, 3.05) is 7.05 Å². The molecule has 0 saturated carbocycles. The fourth-order valence-electron chi connectivity index (χ4n) is 0. The van der Waals surface area contributed by atoms with Crippen molar-refractivity contribution >= 4 is 49.6 Å². The Kier molecular flexibility index (Phi) is 9.46. The van der Waals surface area contributed by atoms with Crippen LogP contribution >= 0.6 is 40.2 Å². The van der Waals surface area contributed by atoms with Gasteiger partial charge >= 0.3 is 9.39 Å². The van der Waals surface area contributed by atoms with Crippen molar-refractivity contribution < 1.29 is 5.73 Å². The van der Waals surface area contributed by atoms with Gasteiger partial charge in [-0.05, 0) is 0 Å². The molecule has 0 aromatic heterocycles. The van der Waals surface area contributed by atoms with Gasteiger partial charge in [0.2, 0.25) is 0 Å². The lowest BCUT2D eigenvalue weighted by Crippen LogP contribution is -2.40. The lowest BCUT2D eigenvalue weighted by molar-refractivity contribution is -0.325. The summed E-state index contributed by atoms with van der Waals surface area (Å²) in [5, 5.41) is 0. The smallest absolute Gasteiger partial charge is 0.391 e. The van der Waals surface area contributed by atoms with Crippen LogP contribution in [0.1, 0.15) is 0 Å². The first-order chi connectivity index (χ1) is 3.00. The maximum absolute atomic E-state index is 4.99. The average molecular weight is 201 g/mol. The number of hydrogen-bond donors (Lipinski definition) is 1. The van der Waals surface area contributed by atoms with Gasteiger partial charge in [-0.2, -0.15) is 0 Å². The Balaban J connectivity index is 0. The lowest BCUT2D eigenvalue weighted by Gasteiger charge is -1.97. The van der Waals surface area contributed by atoms with E-state index < -0.39 is 9.39 Å². The van der Waals surface area contributed by atoms with Crippen molar-refractivity contribution in [1.29, 1.82) is 0 Å². The summed E-state index contributed by atoms with van der Waals surface area (Å²) in [6.45, 7) is 0. The van der Waals surface area contributed by atoms with E-state index in [4.69, 9.17) is 40.2 Å². The van der Waals surface area contributed by atoms with Crippen LogP contribution in [0.5, 0.6) is 0 Å². The molecule has 0 amide bonds. The number of rotatable bonds is 0. The molecule has 0 saturated heterocycles. The van der Waals surface area contributed by atoms with Crippen LogP contribution in [-0.4, -0.2) is 16.4 Å². The molecule has 0 aliphatic heterocycles. The van der Waals surface area contributed by atoms with Crippen LogP contribution in [0.25, 0.3) is 0 Å². The molecule has 0 bridgehead atoms. The third-order valence-electron chi connectivity index (χ3n) is 0. The molecule has 0 spiro atoms. The molecule has 3 N–H and O–H groups in total. The Morgan fingerprint density at radius 2 is 1.00 bits per heavy atom.